The van der Waals surface area contributed by atoms with Crippen molar-refractivity contribution in [3.63, 3.8) is 0 Å². The zero-order valence-electron chi connectivity index (χ0n) is 17.7. The van der Waals surface area contributed by atoms with Gasteiger partial charge in [-0.05, 0) is 76.3 Å². The van der Waals surface area contributed by atoms with Gasteiger partial charge in [0.15, 0.2) is 0 Å². The Kier molecular flexibility index (Phi) is 6.91. The number of hydrogen-bond acceptors (Lipinski definition) is 5. The van der Waals surface area contributed by atoms with Gasteiger partial charge in [-0.25, -0.2) is 0 Å². The summed E-state index contributed by atoms with van der Waals surface area (Å²) < 4.78 is 39.0. The molecule has 3 aliphatic heterocycles. The minimum Gasteiger partial charge on any atom is -0.351 e. The molecule has 172 valence electrons. The standard InChI is InChI=1S/C21H36F3N5O/c1-12-16(14-4-2-6-17-15(14)5-3-8-25-17)11-27-19(28-12)20(30)29-13-7-9-26-18(10-13)21(22,23)24/h12-19,25-28H,2-11H2,1H3,(H,29,30). The number of amides is 1. The summed E-state index contributed by atoms with van der Waals surface area (Å²) in [4.78, 5) is 12.7. The average molecular weight is 432 g/mol. The third kappa shape index (κ3) is 4.95. The number of nitrogens with one attached hydrogen (secondary N) is 5. The Hall–Kier alpha value is -0.900. The molecule has 0 aromatic heterocycles. The van der Waals surface area contributed by atoms with E-state index in [1.807, 2.05) is 0 Å². The summed E-state index contributed by atoms with van der Waals surface area (Å²) in [6.45, 7) is 4.31. The van der Waals surface area contributed by atoms with Crippen LogP contribution in [0.15, 0.2) is 0 Å². The molecule has 30 heavy (non-hydrogen) atoms. The van der Waals surface area contributed by atoms with E-state index in [0.717, 1.165) is 13.1 Å². The van der Waals surface area contributed by atoms with Crippen molar-refractivity contribution in [2.75, 3.05) is 19.6 Å². The highest BCUT2D eigenvalue weighted by Crippen LogP contribution is 2.41. The minimum absolute atomic E-state index is 0.113. The molecule has 1 amide bonds. The summed E-state index contributed by atoms with van der Waals surface area (Å²) in [6.07, 6.45) is 1.86. The molecule has 1 aliphatic carbocycles. The van der Waals surface area contributed by atoms with Gasteiger partial charge in [0.2, 0.25) is 0 Å². The first-order valence-electron chi connectivity index (χ1n) is 11.7. The lowest BCUT2D eigenvalue weighted by molar-refractivity contribution is -0.162. The third-order valence-corrected chi connectivity index (χ3v) is 7.83. The van der Waals surface area contributed by atoms with Crippen molar-refractivity contribution in [2.24, 2.45) is 17.8 Å². The largest absolute Gasteiger partial charge is 0.403 e. The second kappa shape index (κ2) is 9.30. The fourth-order valence-electron chi connectivity index (χ4n) is 6.27. The van der Waals surface area contributed by atoms with Gasteiger partial charge < -0.3 is 16.0 Å². The lowest BCUT2D eigenvalue weighted by Gasteiger charge is -2.49. The molecule has 0 aromatic carbocycles. The van der Waals surface area contributed by atoms with Crippen molar-refractivity contribution in [1.29, 1.82) is 0 Å². The van der Waals surface area contributed by atoms with Crippen LogP contribution in [0, 0.1) is 17.8 Å². The molecule has 4 aliphatic rings. The molecule has 0 radical (unpaired) electrons. The molecule has 1 saturated carbocycles. The van der Waals surface area contributed by atoms with E-state index in [1.54, 1.807) is 0 Å². The van der Waals surface area contributed by atoms with E-state index in [9.17, 15) is 18.0 Å². The van der Waals surface area contributed by atoms with Gasteiger partial charge >= 0.3 is 6.18 Å². The third-order valence-electron chi connectivity index (χ3n) is 7.83. The molecule has 0 aromatic rings. The van der Waals surface area contributed by atoms with Crippen LogP contribution in [0.4, 0.5) is 13.2 Å². The Morgan fingerprint density at radius 3 is 2.50 bits per heavy atom. The maximum Gasteiger partial charge on any atom is 0.403 e. The molecular formula is C21H36F3N5O. The smallest absolute Gasteiger partial charge is 0.351 e. The quantitative estimate of drug-likeness (QED) is 0.468. The SMILES string of the molecule is CC1NC(C(=O)NC2CCNC(C(F)(F)F)C2)NCC1C1CCCC2NCCCC21. The molecular weight excluding hydrogens is 395 g/mol. The Morgan fingerprint density at radius 1 is 0.933 bits per heavy atom. The molecule has 3 saturated heterocycles. The zero-order chi connectivity index (χ0) is 21.3. The van der Waals surface area contributed by atoms with Crippen molar-refractivity contribution in [3.05, 3.63) is 0 Å². The second-order valence-corrected chi connectivity index (χ2v) is 9.70. The van der Waals surface area contributed by atoms with Gasteiger partial charge in [-0.3, -0.25) is 15.4 Å². The Morgan fingerprint density at radius 2 is 1.73 bits per heavy atom. The van der Waals surface area contributed by atoms with E-state index in [0.29, 0.717) is 30.2 Å². The molecule has 8 unspecified atom stereocenters. The highest BCUT2D eigenvalue weighted by atomic mass is 19.4. The normalized spacial score (nSPS) is 42.9. The van der Waals surface area contributed by atoms with Gasteiger partial charge in [0, 0.05) is 24.7 Å². The molecule has 4 rings (SSSR count). The lowest BCUT2D eigenvalue weighted by Crippen LogP contribution is -2.66. The number of hydrogen-bond donors (Lipinski definition) is 5. The van der Waals surface area contributed by atoms with E-state index in [-0.39, 0.29) is 24.9 Å². The van der Waals surface area contributed by atoms with Crippen LogP contribution < -0.4 is 26.6 Å². The molecule has 8 atom stereocenters. The van der Waals surface area contributed by atoms with Gasteiger partial charge in [-0.2, -0.15) is 13.2 Å². The van der Waals surface area contributed by atoms with E-state index in [4.69, 9.17) is 0 Å². The molecule has 0 spiro atoms. The molecule has 3 heterocycles. The number of carbonyl (C=O) groups is 1. The van der Waals surface area contributed by atoms with Crippen LogP contribution in [0.25, 0.3) is 0 Å². The number of piperidine rings is 2. The van der Waals surface area contributed by atoms with Crippen LogP contribution in [-0.2, 0) is 4.79 Å². The number of alkyl halides is 3. The zero-order valence-corrected chi connectivity index (χ0v) is 17.7. The number of carbonyl (C=O) groups excluding carboxylic acids is 1. The Balaban J connectivity index is 1.30. The summed E-state index contributed by atoms with van der Waals surface area (Å²) >= 11 is 0. The van der Waals surface area contributed by atoms with Crippen molar-refractivity contribution >= 4 is 5.91 Å². The van der Waals surface area contributed by atoms with Crippen molar-refractivity contribution in [1.82, 2.24) is 26.6 Å². The van der Waals surface area contributed by atoms with Gasteiger partial charge in [0.05, 0.1) is 0 Å². The fourth-order valence-corrected chi connectivity index (χ4v) is 6.27. The van der Waals surface area contributed by atoms with Crippen LogP contribution in [0.2, 0.25) is 0 Å². The summed E-state index contributed by atoms with van der Waals surface area (Å²) in [5.41, 5.74) is 0. The van der Waals surface area contributed by atoms with Crippen LogP contribution in [-0.4, -0.2) is 62.1 Å². The lowest BCUT2D eigenvalue weighted by atomic mass is 9.65. The molecule has 0 bridgehead atoms. The number of halogens is 3. The van der Waals surface area contributed by atoms with Crippen molar-refractivity contribution in [2.45, 2.75) is 88.4 Å². The topological polar surface area (TPSA) is 77.2 Å². The monoisotopic (exact) mass is 431 g/mol. The molecule has 5 N–H and O–H groups in total. The predicted octanol–water partition coefficient (Wildman–Crippen LogP) is 1.48. The first kappa shape index (κ1) is 22.3. The van der Waals surface area contributed by atoms with E-state index in [1.165, 1.54) is 32.1 Å². The van der Waals surface area contributed by atoms with Crippen LogP contribution in [0.5, 0.6) is 0 Å². The minimum atomic E-state index is -4.28. The first-order chi connectivity index (χ1) is 14.3. The number of rotatable bonds is 3. The maximum atomic E-state index is 13.0. The van der Waals surface area contributed by atoms with E-state index in [2.05, 4.69) is 33.5 Å². The predicted molar refractivity (Wildman–Crippen MR) is 109 cm³/mol. The summed E-state index contributed by atoms with van der Waals surface area (Å²) in [6, 6.07) is -1.17. The number of fused-ring (bicyclic) bond motifs is 1. The van der Waals surface area contributed by atoms with Crippen LogP contribution in [0.1, 0.15) is 51.9 Å². The fraction of sp³-hybridized carbons (Fsp3) is 0.952. The van der Waals surface area contributed by atoms with Crippen LogP contribution in [0.3, 0.4) is 0 Å². The van der Waals surface area contributed by atoms with Crippen molar-refractivity contribution in [3.8, 4) is 0 Å². The molecule has 9 heteroatoms. The van der Waals surface area contributed by atoms with E-state index >= 15 is 0 Å². The van der Waals surface area contributed by atoms with Gasteiger partial charge in [-0.15, -0.1) is 0 Å². The summed E-state index contributed by atoms with van der Waals surface area (Å²) in [5.74, 6) is 1.58. The maximum absolute atomic E-state index is 13.0. The average Bonchev–Trinajstić information content (AvgIpc) is 2.73. The highest BCUT2D eigenvalue weighted by molar-refractivity contribution is 5.81. The first-order valence-corrected chi connectivity index (χ1v) is 11.7. The highest BCUT2D eigenvalue weighted by Gasteiger charge is 2.44. The van der Waals surface area contributed by atoms with Crippen molar-refractivity contribution < 1.29 is 18.0 Å². The van der Waals surface area contributed by atoms with Gasteiger partial charge in [0.25, 0.3) is 5.91 Å². The summed E-state index contributed by atoms with van der Waals surface area (Å²) in [7, 11) is 0. The Bertz CT molecular complexity index is 602. The van der Waals surface area contributed by atoms with E-state index < -0.39 is 24.4 Å². The Labute approximate surface area is 176 Å². The van der Waals surface area contributed by atoms with Crippen LogP contribution >= 0.6 is 0 Å². The summed E-state index contributed by atoms with van der Waals surface area (Å²) in [5, 5.41) is 15.8. The molecule has 4 fully saturated rings. The molecule has 6 nitrogen and oxygen atoms in total. The van der Waals surface area contributed by atoms with Gasteiger partial charge in [-0.1, -0.05) is 6.42 Å². The van der Waals surface area contributed by atoms with Gasteiger partial charge in [0.1, 0.15) is 12.2 Å². The second-order valence-electron chi connectivity index (χ2n) is 9.70.